The monoisotopic (exact) mass is 315 g/mol. The number of rotatable bonds is 4. The fourth-order valence-corrected chi connectivity index (χ4v) is 3.02. The molecule has 21 heavy (non-hydrogen) atoms. The Kier molecular flexibility index (Phi) is 4.34. The van der Waals surface area contributed by atoms with E-state index in [1.54, 1.807) is 0 Å². The molecule has 7 heteroatoms. The molecule has 0 aliphatic rings. The fourth-order valence-electron chi connectivity index (χ4n) is 1.80. The molecule has 0 atom stereocenters. The van der Waals surface area contributed by atoms with Crippen molar-refractivity contribution >= 4 is 10.0 Å². The van der Waals surface area contributed by atoms with Crippen molar-refractivity contribution in [3.8, 4) is 0 Å². The number of hydrogen-bond donors (Lipinski definition) is 0. The third-order valence-corrected chi connectivity index (χ3v) is 4.75. The Labute approximate surface area is 120 Å². The number of hydrogen-bond acceptors (Lipinski definition) is 2. The van der Waals surface area contributed by atoms with Crippen LogP contribution < -0.4 is 0 Å². The van der Waals surface area contributed by atoms with Crippen LogP contribution in [0.4, 0.5) is 13.2 Å². The van der Waals surface area contributed by atoms with Crippen LogP contribution in [0.1, 0.15) is 5.56 Å². The van der Waals surface area contributed by atoms with Crippen LogP contribution in [-0.4, -0.2) is 19.8 Å². The largest absolute Gasteiger partial charge is 0.246 e. The second-order valence-electron chi connectivity index (χ2n) is 4.44. The van der Waals surface area contributed by atoms with Crippen LogP contribution in [0, 0.1) is 17.5 Å². The van der Waals surface area contributed by atoms with Crippen molar-refractivity contribution in [2.24, 2.45) is 0 Å². The smallest absolute Gasteiger partial charge is 0.207 e. The van der Waals surface area contributed by atoms with Crippen LogP contribution in [0.25, 0.3) is 0 Å². The van der Waals surface area contributed by atoms with E-state index >= 15 is 0 Å². The van der Waals surface area contributed by atoms with E-state index in [1.165, 1.54) is 25.2 Å². The van der Waals surface area contributed by atoms with E-state index in [2.05, 4.69) is 0 Å². The van der Waals surface area contributed by atoms with Gasteiger partial charge < -0.3 is 0 Å². The average molecular weight is 315 g/mol. The van der Waals surface area contributed by atoms with Crippen LogP contribution >= 0.6 is 0 Å². The Bertz CT molecular complexity index is 763. The van der Waals surface area contributed by atoms with Crippen molar-refractivity contribution in [1.82, 2.24) is 4.31 Å². The molecule has 0 amide bonds. The first-order valence-electron chi connectivity index (χ1n) is 5.97. The van der Waals surface area contributed by atoms with E-state index in [1.807, 2.05) is 0 Å². The van der Waals surface area contributed by atoms with Crippen LogP contribution in [0.15, 0.2) is 47.4 Å². The van der Waals surface area contributed by atoms with Gasteiger partial charge in [-0.25, -0.2) is 21.6 Å². The minimum absolute atomic E-state index is 0.201. The Morgan fingerprint density at radius 2 is 1.62 bits per heavy atom. The Hall–Kier alpha value is -1.86. The van der Waals surface area contributed by atoms with Crippen LogP contribution in [0.2, 0.25) is 0 Å². The van der Waals surface area contributed by atoms with Crippen LogP contribution in [0.5, 0.6) is 0 Å². The second kappa shape index (κ2) is 5.87. The Morgan fingerprint density at radius 3 is 2.24 bits per heavy atom. The van der Waals surface area contributed by atoms with Gasteiger partial charge in [0.15, 0.2) is 11.6 Å². The molecule has 112 valence electrons. The van der Waals surface area contributed by atoms with E-state index in [0.717, 1.165) is 28.6 Å². The van der Waals surface area contributed by atoms with Gasteiger partial charge in [0.25, 0.3) is 0 Å². The summed E-state index contributed by atoms with van der Waals surface area (Å²) in [7, 11) is -2.81. The molecule has 3 nitrogen and oxygen atoms in total. The lowest BCUT2D eigenvalue weighted by Gasteiger charge is -2.17. The summed E-state index contributed by atoms with van der Waals surface area (Å²) in [6.07, 6.45) is 0. The summed E-state index contributed by atoms with van der Waals surface area (Å²) < 4.78 is 64.9. The van der Waals surface area contributed by atoms with Gasteiger partial charge in [-0.3, -0.25) is 0 Å². The maximum absolute atomic E-state index is 13.6. The predicted octanol–water partition coefficient (Wildman–Crippen LogP) is 2.92. The molecule has 0 radical (unpaired) electrons. The average Bonchev–Trinajstić information content (AvgIpc) is 2.43. The number of sulfonamides is 1. The SMILES string of the molecule is CN(Cc1ccc(F)c(F)c1)S(=O)(=O)c1ccccc1F. The van der Waals surface area contributed by atoms with Gasteiger partial charge in [0.05, 0.1) is 0 Å². The summed E-state index contributed by atoms with van der Waals surface area (Å²) in [6, 6.07) is 8.05. The highest BCUT2D eigenvalue weighted by molar-refractivity contribution is 7.89. The summed E-state index contributed by atoms with van der Waals surface area (Å²) in [5.74, 6) is -2.95. The van der Waals surface area contributed by atoms with E-state index in [0.29, 0.717) is 0 Å². The Balaban J connectivity index is 2.29. The third kappa shape index (κ3) is 3.25. The molecular weight excluding hydrogens is 303 g/mol. The van der Waals surface area contributed by atoms with Gasteiger partial charge in [-0.05, 0) is 29.8 Å². The second-order valence-corrected chi connectivity index (χ2v) is 6.45. The summed E-state index contributed by atoms with van der Waals surface area (Å²) >= 11 is 0. The standard InChI is InChI=1S/C14H12F3NO2S/c1-18(9-10-6-7-11(15)13(17)8-10)21(19,20)14-5-3-2-4-12(14)16/h2-8H,9H2,1H3. The summed E-state index contributed by atoms with van der Waals surface area (Å²) in [4.78, 5) is -0.463. The number of nitrogens with zero attached hydrogens (tertiary/aromatic N) is 1. The molecular formula is C14H12F3NO2S. The first kappa shape index (κ1) is 15.5. The summed E-state index contributed by atoms with van der Waals surface area (Å²) in [5, 5.41) is 0. The minimum atomic E-state index is -4.05. The highest BCUT2D eigenvalue weighted by Gasteiger charge is 2.24. The van der Waals surface area contributed by atoms with Gasteiger partial charge in [0.2, 0.25) is 10.0 Å². The third-order valence-electron chi connectivity index (χ3n) is 2.91. The molecule has 0 fully saturated rings. The number of halogens is 3. The van der Waals surface area contributed by atoms with Gasteiger partial charge in [-0.15, -0.1) is 0 Å². The molecule has 2 aromatic rings. The molecule has 0 aliphatic carbocycles. The lowest BCUT2D eigenvalue weighted by Crippen LogP contribution is -2.27. The molecule has 2 aromatic carbocycles. The first-order valence-corrected chi connectivity index (χ1v) is 7.41. The maximum Gasteiger partial charge on any atom is 0.246 e. The zero-order valence-electron chi connectivity index (χ0n) is 11.1. The normalized spacial score (nSPS) is 11.9. The summed E-state index contributed by atoms with van der Waals surface area (Å²) in [6.45, 7) is -0.201. The van der Waals surface area contributed by atoms with Crippen molar-refractivity contribution in [3.05, 3.63) is 65.5 Å². The van der Waals surface area contributed by atoms with E-state index in [9.17, 15) is 21.6 Å². The molecule has 0 unspecified atom stereocenters. The molecule has 0 bridgehead atoms. The van der Waals surface area contributed by atoms with Crippen molar-refractivity contribution in [2.75, 3.05) is 7.05 Å². The van der Waals surface area contributed by atoms with Gasteiger partial charge in [0, 0.05) is 13.6 Å². The van der Waals surface area contributed by atoms with E-state index in [-0.39, 0.29) is 12.1 Å². The lowest BCUT2D eigenvalue weighted by atomic mass is 10.2. The molecule has 0 aliphatic heterocycles. The van der Waals surface area contributed by atoms with Gasteiger partial charge >= 0.3 is 0 Å². The fraction of sp³-hybridized carbons (Fsp3) is 0.143. The number of benzene rings is 2. The van der Waals surface area contributed by atoms with Crippen molar-refractivity contribution < 1.29 is 21.6 Å². The molecule has 2 rings (SSSR count). The van der Waals surface area contributed by atoms with Crippen LogP contribution in [-0.2, 0) is 16.6 Å². The highest BCUT2D eigenvalue weighted by atomic mass is 32.2. The van der Waals surface area contributed by atoms with Gasteiger partial charge in [0.1, 0.15) is 10.7 Å². The molecule has 0 aromatic heterocycles. The zero-order chi connectivity index (χ0) is 15.6. The summed E-state index contributed by atoms with van der Waals surface area (Å²) in [5.41, 5.74) is 0.260. The molecule has 0 saturated carbocycles. The van der Waals surface area contributed by atoms with Crippen LogP contribution in [0.3, 0.4) is 0 Å². The first-order chi connectivity index (χ1) is 9.82. The quantitative estimate of drug-likeness (QED) is 0.870. The van der Waals surface area contributed by atoms with Gasteiger partial charge in [-0.1, -0.05) is 18.2 Å². The predicted molar refractivity (Wildman–Crippen MR) is 71.4 cm³/mol. The van der Waals surface area contributed by atoms with Gasteiger partial charge in [-0.2, -0.15) is 4.31 Å². The zero-order valence-corrected chi connectivity index (χ0v) is 11.9. The maximum atomic E-state index is 13.6. The molecule has 0 spiro atoms. The van der Waals surface area contributed by atoms with Crippen molar-refractivity contribution in [2.45, 2.75) is 11.4 Å². The topological polar surface area (TPSA) is 37.4 Å². The molecule has 0 N–H and O–H groups in total. The van der Waals surface area contributed by atoms with Crippen molar-refractivity contribution in [1.29, 1.82) is 0 Å². The van der Waals surface area contributed by atoms with E-state index < -0.39 is 32.4 Å². The van der Waals surface area contributed by atoms with Crippen molar-refractivity contribution in [3.63, 3.8) is 0 Å². The van der Waals surface area contributed by atoms with E-state index in [4.69, 9.17) is 0 Å². The molecule has 0 saturated heterocycles. The minimum Gasteiger partial charge on any atom is -0.207 e. The Morgan fingerprint density at radius 1 is 0.952 bits per heavy atom. The highest BCUT2D eigenvalue weighted by Crippen LogP contribution is 2.20. The lowest BCUT2D eigenvalue weighted by molar-refractivity contribution is 0.456. The molecule has 0 heterocycles.